The first-order valence-electron chi connectivity index (χ1n) is 12.7. The largest absolute Gasteiger partial charge is 0.497 e. The number of amides is 1. The second-order valence-electron chi connectivity index (χ2n) is 10.4. The molecular formula is C30H37FN2O3. The van der Waals surface area contributed by atoms with Gasteiger partial charge in [0, 0.05) is 37.7 Å². The van der Waals surface area contributed by atoms with Crippen molar-refractivity contribution in [1.29, 1.82) is 0 Å². The maximum Gasteiger partial charge on any atom is 0.253 e. The number of hydrogen-bond acceptors (Lipinski definition) is 4. The van der Waals surface area contributed by atoms with Crippen molar-refractivity contribution < 1.29 is 18.3 Å². The van der Waals surface area contributed by atoms with Crippen LogP contribution in [-0.4, -0.2) is 49.0 Å². The van der Waals surface area contributed by atoms with Gasteiger partial charge < -0.3 is 14.1 Å². The molecular weight excluding hydrogens is 455 g/mol. The van der Waals surface area contributed by atoms with Gasteiger partial charge in [-0.1, -0.05) is 26.0 Å². The van der Waals surface area contributed by atoms with E-state index in [1.165, 1.54) is 17.7 Å². The number of rotatable bonds is 9. The van der Waals surface area contributed by atoms with E-state index in [2.05, 4.69) is 43.9 Å². The number of methoxy groups -OCH3 is 1. The summed E-state index contributed by atoms with van der Waals surface area (Å²) in [6.45, 7) is 12.0. The van der Waals surface area contributed by atoms with Crippen LogP contribution in [0, 0.1) is 31.5 Å². The summed E-state index contributed by atoms with van der Waals surface area (Å²) < 4.78 is 25.0. The van der Waals surface area contributed by atoms with E-state index in [4.69, 9.17) is 9.15 Å². The summed E-state index contributed by atoms with van der Waals surface area (Å²) in [6.07, 6.45) is 0. The third kappa shape index (κ3) is 6.16. The molecule has 1 aliphatic heterocycles. The fourth-order valence-electron chi connectivity index (χ4n) is 5.21. The first-order valence-corrected chi connectivity index (χ1v) is 12.7. The van der Waals surface area contributed by atoms with Crippen molar-refractivity contribution in [3.8, 4) is 5.75 Å². The summed E-state index contributed by atoms with van der Waals surface area (Å²) in [5.41, 5.74) is 2.90. The van der Waals surface area contributed by atoms with Gasteiger partial charge in [-0.2, -0.15) is 0 Å². The molecule has 1 saturated heterocycles. The minimum Gasteiger partial charge on any atom is -0.497 e. The van der Waals surface area contributed by atoms with Crippen LogP contribution in [0.3, 0.4) is 0 Å². The molecule has 192 valence electrons. The Kier molecular flexibility index (Phi) is 8.14. The highest BCUT2D eigenvalue weighted by atomic mass is 19.1. The van der Waals surface area contributed by atoms with Gasteiger partial charge in [0.1, 0.15) is 23.1 Å². The smallest absolute Gasteiger partial charge is 0.253 e. The molecule has 5 nitrogen and oxygen atoms in total. The first-order chi connectivity index (χ1) is 17.2. The molecule has 1 fully saturated rings. The Labute approximate surface area is 213 Å². The van der Waals surface area contributed by atoms with E-state index < -0.39 is 0 Å². The number of carbonyl (C=O) groups is 1. The average molecular weight is 493 g/mol. The molecule has 1 amide bonds. The highest BCUT2D eigenvalue weighted by Crippen LogP contribution is 2.36. The van der Waals surface area contributed by atoms with E-state index >= 15 is 0 Å². The molecule has 0 radical (unpaired) electrons. The van der Waals surface area contributed by atoms with Crippen molar-refractivity contribution >= 4 is 5.91 Å². The SMILES string of the molecule is COc1cccc(C2CN(Cc3cc(C)c(C)o3)CC2CN(CC(C)C)C(=O)c2ccc(F)cc2)c1. The molecule has 2 heterocycles. The van der Waals surface area contributed by atoms with Crippen molar-refractivity contribution in [2.75, 3.05) is 33.3 Å². The Morgan fingerprint density at radius 1 is 1.14 bits per heavy atom. The average Bonchev–Trinajstić information content (AvgIpc) is 3.39. The van der Waals surface area contributed by atoms with Crippen LogP contribution in [-0.2, 0) is 6.54 Å². The van der Waals surface area contributed by atoms with Gasteiger partial charge in [0.15, 0.2) is 0 Å². The van der Waals surface area contributed by atoms with Gasteiger partial charge in [0.2, 0.25) is 0 Å². The molecule has 4 rings (SSSR count). The van der Waals surface area contributed by atoms with Gasteiger partial charge >= 0.3 is 0 Å². The quantitative estimate of drug-likeness (QED) is 0.364. The van der Waals surface area contributed by atoms with Crippen LogP contribution in [0.25, 0.3) is 0 Å². The Balaban J connectivity index is 1.60. The van der Waals surface area contributed by atoms with Gasteiger partial charge in [-0.05, 0) is 79.3 Å². The summed E-state index contributed by atoms with van der Waals surface area (Å²) in [6, 6.07) is 16.2. The number of benzene rings is 2. The van der Waals surface area contributed by atoms with E-state index in [9.17, 15) is 9.18 Å². The number of likely N-dealkylation sites (tertiary alicyclic amines) is 1. The lowest BCUT2D eigenvalue weighted by Crippen LogP contribution is -2.39. The van der Waals surface area contributed by atoms with Crippen molar-refractivity contribution in [3.05, 3.63) is 88.6 Å². The second-order valence-corrected chi connectivity index (χ2v) is 10.4. The van der Waals surface area contributed by atoms with Crippen LogP contribution in [0.5, 0.6) is 5.75 Å². The Hall–Kier alpha value is -3.12. The third-order valence-corrected chi connectivity index (χ3v) is 7.05. The molecule has 2 aromatic carbocycles. The minimum absolute atomic E-state index is 0.0520. The van der Waals surface area contributed by atoms with E-state index in [0.717, 1.165) is 42.5 Å². The van der Waals surface area contributed by atoms with Crippen molar-refractivity contribution in [1.82, 2.24) is 9.80 Å². The number of carbonyl (C=O) groups excluding carboxylic acids is 1. The van der Waals surface area contributed by atoms with Crippen LogP contribution in [0.1, 0.15) is 52.8 Å². The van der Waals surface area contributed by atoms with Gasteiger partial charge in [-0.3, -0.25) is 9.69 Å². The second kappa shape index (κ2) is 11.3. The topological polar surface area (TPSA) is 45.9 Å². The molecule has 0 aliphatic carbocycles. The molecule has 3 aromatic rings. The van der Waals surface area contributed by atoms with Crippen LogP contribution in [0.15, 0.2) is 59.0 Å². The van der Waals surface area contributed by atoms with Crippen LogP contribution in [0.2, 0.25) is 0 Å². The minimum atomic E-state index is -0.338. The number of furan rings is 1. The molecule has 1 aliphatic rings. The molecule has 6 heteroatoms. The van der Waals surface area contributed by atoms with E-state index in [-0.39, 0.29) is 23.6 Å². The van der Waals surface area contributed by atoms with Crippen molar-refractivity contribution in [3.63, 3.8) is 0 Å². The summed E-state index contributed by atoms with van der Waals surface area (Å²) in [7, 11) is 1.69. The molecule has 36 heavy (non-hydrogen) atoms. The number of nitrogens with zero attached hydrogens (tertiary/aromatic N) is 2. The first kappa shape index (κ1) is 26.0. The molecule has 0 saturated carbocycles. The highest BCUT2D eigenvalue weighted by Gasteiger charge is 2.36. The zero-order chi connectivity index (χ0) is 25.8. The predicted molar refractivity (Wildman–Crippen MR) is 140 cm³/mol. The fraction of sp³-hybridized carbons (Fsp3) is 0.433. The summed E-state index contributed by atoms with van der Waals surface area (Å²) >= 11 is 0. The standard InChI is InChI=1S/C30H37FN2O3/c1-20(2)15-33(30(34)23-9-11-26(31)12-10-23)17-25-16-32(18-28-13-21(3)22(4)36-28)19-29(25)24-7-6-8-27(14-24)35-5/h6-14,20,25,29H,15-19H2,1-5H3. The molecule has 2 unspecified atom stereocenters. The van der Waals surface area contributed by atoms with Gasteiger partial charge in [-0.15, -0.1) is 0 Å². The van der Waals surface area contributed by atoms with Gasteiger partial charge in [0.25, 0.3) is 5.91 Å². The van der Waals surface area contributed by atoms with Gasteiger partial charge in [-0.25, -0.2) is 4.39 Å². The lowest BCUT2D eigenvalue weighted by atomic mass is 9.88. The highest BCUT2D eigenvalue weighted by molar-refractivity contribution is 5.94. The maximum absolute atomic E-state index is 13.5. The summed E-state index contributed by atoms with van der Waals surface area (Å²) in [5.74, 6) is 3.17. The van der Waals surface area contributed by atoms with E-state index in [1.807, 2.05) is 24.0 Å². The van der Waals surface area contributed by atoms with Crippen LogP contribution in [0.4, 0.5) is 4.39 Å². The zero-order valence-electron chi connectivity index (χ0n) is 22.0. The summed E-state index contributed by atoms with van der Waals surface area (Å²) in [5, 5.41) is 0. The predicted octanol–water partition coefficient (Wildman–Crippen LogP) is 6.06. The number of ether oxygens (including phenoxy) is 1. The van der Waals surface area contributed by atoms with Crippen molar-refractivity contribution in [2.24, 2.45) is 11.8 Å². The van der Waals surface area contributed by atoms with Crippen LogP contribution < -0.4 is 4.74 Å². The lowest BCUT2D eigenvalue weighted by molar-refractivity contribution is 0.0702. The number of aryl methyl sites for hydroxylation is 2. The number of halogens is 1. The van der Waals surface area contributed by atoms with Gasteiger partial charge in [0.05, 0.1) is 13.7 Å². The summed E-state index contributed by atoms with van der Waals surface area (Å²) in [4.78, 5) is 17.9. The molecule has 0 spiro atoms. The molecule has 2 atom stereocenters. The Morgan fingerprint density at radius 2 is 1.89 bits per heavy atom. The zero-order valence-corrected chi connectivity index (χ0v) is 22.0. The Morgan fingerprint density at radius 3 is 2.53 bits per heavy atom. The maximum atomic E-state index is 13.5. The Bertz CT molecular complexity index is 1150. The molecule has 0 bridgehead atoms. The van der Waals surface area contributed by atoms with E-state index in [1.54, 1.807) is 19.2 Å². The normalized spacial score (nSPS) is 18.1. The fourth-order valence-corrected chi connectivity index (χ4v) is 5.21. The van der Waals surface area contributed by atoms with E-state index in [0.29, 0.717) is 24.6 Å². The monoisotopic (exact) mass is 492 g/mol. The lowest BCUT2D eigenvalue weighted by Gasteiger charge is -2.30. The third-order valence-electron chi connectivity index (χ3n) is 7.05. The van der Waals surface area contributed by atoms with Crippen LogP contribution >= 0.6 is 0 Å². The molecule has 0 N–H and O–H groups in total. The molecule has 1 aromatic heterocycles. The van der Waals surface area contributed by atoms with Crippen molar-refractivity contribution in [2.45, 2.75) is 40.2 Å². The number of hydrogen-bond donors (Lipinski definition) is 0.